The molecule has 2 heterocycles. The van der Waals surface area contributed by atoms with Gasteiger partial charge in [-0.25, -0.2) is 4.98 Å². The van der Waals surface area contributed by atoms with Gasteiger partial charge in [-0.05, 0) is 48.4 Å². The van der Waals surface area contributed by atoms with E-state index in [0.717, 1.165) is 27.9 Å². The van der Waals surface area contributed by atoms with Gasteiger partial charge in [-0.3, -0.25) is 9.97 Å². The second-order valence-corrected chi connectivity index (χ2v) is 6.03. The first-order valence-corrected chi connectivity index (χ1v) is 8.40. The Morgan fingerprint density at radius 3 is 2.65 bits per heavy atom. The molecule has 0 aliphatic carbocycles. The summed E-state index contributed by atoms with van der Waals surface area (Å²) in [6.45, 7) is 2.80. The van der Waals surface area contributed by atoms with Crippen LogP contribution in [-0.2, 0) is 6.54 Å². The van der Waals surface area contributed by atoms with E-state index in [1.807, 2.05) is 36.5 Å². The molecule has 0 radical (unpaired) electrons. The number of benzene rings is 2. The van der Waals surface area contributed by atoms with Gasteiger partial charge < -0.3 is 10.1 Å². The Morgan fingerprint density at radius 1 is 0.962 bits per heavy atom. The van der Waals surface area contributed by atoms with Crippen LogP contribution in [0.25, 0.3) is 10.9 Å². The van der Waals surface area contributed by atoms with Crippen LogP contribution in [0.15, 0.2) is 73.3 Å². The van der Waals surface area contributed by atoms with Crippen LogP contribution in [0.2, 0.25) is 0 Å². The molecule has 0 saturated heterocycles. The minimum absolute atomic E-state index is 0.482. The molecule has 4 aromatic rings. The van der Waals surface area contributed by atoms with Crippen molar-refractivity contribution in [2.45, 2.75) is 13.5 Å². The Hall–Kier alpha value is -3.47. The second-order valence-electron chi connectivity index (χ2n) is 6.03. The van der Waals surface area contributed by atoms with Gasteiger partial charge in [0.1, 0.15) is 5.75 Å². The van der Waals surface area contributed by atoms with Crippen molar-refractivity contribution in [1.29, 1.82) is 0 Å². The van der Waals surface area contributed by atoms with E-state index in [-0.39, 0.29) is 0 Å². The van der Waals surface area contributed by atoms with Crippen molar-refractivity contribution in [3.05, 3.63) is 84.4 Å². The molecule has 2 aromatic heterocycles. The normalized spacial score (nSPS) is 10.7. The lowest BCUT2D eigenvalue weighted by Gasteiger charge is -2.11. The SMILES string of the molecule is Cc1cc(NCc2ccc(Oc3cnccn3)cc2)c2ncccc2c1. The van der Waals surface area contributed by atoms with Crippen molar-refractivity contribution in [2.24, 2.45) is 0 Å². The Kier molecular flexibility index (Phi) is 4.43. The van der Waals surface area contributed by atoms with Crippen LogP contribution < -0.4 is 10.1 Å². The number of nitrogens with zero attached hydrogens (tertiary/aromatic N) is 3. The highest BCUT2D eigenvalue weighted by Crippen LogP contribution is 2.24. The predicted octanol–water partition coefficient (Wildman–Crippen LogP) is 4.74. The number of aryl methyl sites for hydroxylation is 1. The average Bonchev–Trinajstić information content (AvgIpc) is 2.68. The maximum Gasteiger partial charge on any atom is 0.237 e. The third-order valence-electron chi connectivity index (χ3n) is 4.02. The van der Waals surface area contributed by atoms with Crippen molar-refractivity contribution in [2.75, 3.05) is 5.32 Å². The van der Waals surface area contributed by atoms with E-state index in [4.69, 9.17) is 4.74 Å². The highest BCUT2D eigenvalue weighted by molar-refractivity contribution is 5.90. The second kappa shape index (κ2) is 7.19. The number of fused-ring (bicyclic) bond motifs is 1. The van der Waals surface area contributed by atoms with Crippen LogP contribution in [0.1, 0.15) is 11.1 Å². The number of rotatable bonds is 5. The first kappa shape index (κ1) is 16.0. The van der Waals surface area contributed by atoms with Gasteiger partial charge in [0.05, 0.1) is 17.4 Å². The Morgan fingerprint density at radius 2 is 1.85 bits per heavy atom. The fourth-order valence-electron chi connectivity index (χ4n) is 2.81. The average molecular weight is 342 g/mol. The summed E-state index contributed by atoms with van der Waals surface area (Å²) in [4.78, 5) is 12.6. The first-order valence-electron chi connectivity index (χ1n) is 8.40. The Balaban J connectivity index is 1.47. The molecular weight excluding hydrogens is 324 g/mol. The smallest absolute Gasteiger partial charge is 0.237 e. The summed E-state index contributed by atoms with van der Waals surface area (Å²) in [7, 11) is 0. The molecule has 0 spiro atoms. The standard InChI is InChI=1S/C21H18N4O/c1-15-11-17-3-2-8-24-21(17)19(12-15)25-13-16-4-6-18(7-5-16)26-20-14-22-9-10-23-20/h2-12,14,25H,13H2,1H3. The predicted molar refractivity (Wildman–Crippen MR) is 102 cm³/mol. The molecule has 5 heteroatoms. The molecule has 1 N–H and O–H groups in total. The van der Waals surface area contributed by atoms with Gasteiger partial charge in [0.25, 0.3) is 0 Å². The third-order valence-corrected chi connectivity index (χ3v) is 4.02. The lowest BCUT2D eigenvalue weighted by Crippen LogP contribution is -2.01. The number of aromatic nitrogens is 3. The molecule has 0 saturated carbocycles. The van der Waals surface area contributed by atoms with Gasteiger partial charge in [0, 0.05) is 30.5 Å². The molecule has 2 aromatic carbocycles. The van der Waals surface area contributed by atoms with E-state index in [2.05, 4.69) is 45.4 Å². The van der Waals surface area contributed by atoms with Crippen LogP contribution >= 0.6 is 0 Å². The van der Waals surface area contributed by atoms with Crippen LogP contribution in [0.4, 0.5) is 5.69 Å². The van der Waals surface area contributed by atoms with Crippen molar-refractivity contribution in [3.63, 3.8) is 0 Å². The topological polar surface area (TPSA) is 59.9 Å². The minimum atomic E-state index is 0.482. The Labute approximate surface area is 151 Å². The zero-order valence-electron chi connectivity index (χ0n) is 14.4. The summed E-state index contributed by atoms with van der Waals surface area (Å²) in [5.41, 5.74) is 4.39. The first-order chi connectivity index (χ1) is 12.8. The van der Waals surface area contributed by atoms with Gasteiger partial charge in [0.2, 0.25) is 5.88 Å². The highest BCUT2D eigenvalue weighted by atomic mass is 16.5. The quantitative estimate of drug-likeness (QED) is 0.568. The van der Waals surface area contributed by atoms with Crippen LogP contribution in [0, 0.1) is 6.92 Å². The van der Waals surface area contributed by atoms with E-state index in [1.165, 1.54) is 5.56 Å². The van der Waals surface area contributed by atoms with E-state index in [9.17, 15) is 0 Å². The lowest BCUT2D eigenvalue weighted by atomic mass is 10.1. The molecule has 0 aliphatic rings. The maximum absolute atomic E-state index is 5.67. The molecule has 5 nitrogen and oxygen atoms in total. The zero-order valence-corrected chi connectivity index (χ0v) is 14.4. The number of anilines is 1. The van der Waals surface area contributed by atoms with Crippen LogP contribution in [-0.4, -0.2) is 15.0 Å². The van der Waals surface area contributed by atoms with Crippen LogP contribution in [0.3, 0.4) is 0 Å². The number of pyridine rings is 1. The Bertz CT molecular complexity index is 1020. The summed E-state index contributed by atoms with van der Waals surface area (Å²) in [5, 5.41) is 4.63. The summed E-state index contributed by atoms with van der Waals surface area (Å²) < 4.78 is 5.67. The van der Waals surface area contributed by atoms with Gasteiger partial charge in [-0.15, -0.1) is 0 Å². The minimum Gasteiger partial charge on any atom is -0.438 e. The van der Waals surface area contributed by atoms with Crippen LogP contribution in [0.5, 0.6) is 11.6 Å². The summed E-state index contributed by atoms with van der Waals surface area (Å²) in [6, 6.07) is 16.2. The molecule has 0 aliphatic heterocycles. The zero-order chi connectivity index (χ0) is 17.8. The number of ether oxygens (including phenoxy) is 1. The van der Waals surface area contributed by atoms with Crippen molar-refractivity contribution in [1.82, 2.24) is 15.0 Å². The summed E-state index contributed by atoms with van der Waals surface area (Å²) >= 11 is 0. The molecule has 0 fully saturated rings. The fourth-order valence-corrected chi connectivity index (χ4v) is 2.81. The molecule has 4 rings (SSSR count). The van der Waals surface area contributed by atoms with E-state index >= 15 is 0 Å². The fraction of sp³-hybridized carbons (Fsp3) is 0.0952. The van der Waals surface area contributed by atoms with Crippen molar-refractivity contribution < 1.29 is 4.74 Å². The molecule has 0 bridgehead atoms. The molecular formula is C21H18N4O. The molecule has 0 atom stereocenters. The van der Waals surface area contributed by atoms with Gasteiger partial charge in [0.15, 0.2) is 0 Å². The van der Waals surface area contributed by atoms with Crippen molar-refractivity contribution >= 4 is 16.6 Å². The monoisotopic (exact) mass is 342 g/mol. The molecule has 0 amide bonds. The van der Waals surface area contributed by atoms with E-state index in [1.54, 1.807) is 18.6 Å². The van der Waals surface area contributed by atoms with E-state index < -0.39 is 0 Å². The van der Waals surface area contributed by atoms with Crippen molar-refractivity contribution in [3.8, 4) is 11.6 Å². The van der Waals surface area contributed by atoms with E-state index in [0.29, 0.717) is 12.4 Å². The molecule has 0 unspecified atom stereocenters. The number of hydrogen-bond donors (Lipinski definition) is 1. The number of hydrogen-bond acceptors (Lipinski definition) is 5. The van der Waals surface area contributed by atoms with Gasteiger partial charge in [-0.2, -0.15) is 0 Å². The highest BCUT2D eigenvalue weighted by Gasteiger charge is 2.04. The third kappa shape index (κ3) is 3.62. The summed E-state index contributed by atoms with van der Waals surface area (Å²) in [5.74, 6) is 1.22. The molecule has 26 heavy (non-hydrogen) atoms. The number of nitrogens with one attached hydrogen (secondary N) is 1. The van der Waals surface area contributed by atoms with Gasteiger partial charge in [-0.1, -0.05) is 18.2 Å². The summed E-state index contributed by atoms with van der Waals surface area (Å²) in [6.07, 6.45) is 6.63. The largest absolute Gasteiger partial charge is 0.438 e. The van der Waals surface area contributed by atoms with Gasteiger partial charge >= 0.3 is 0 Å². The lowest BCUT2D eigenvalue weighted by molar-refractivity contribution is 0.460. The molecule has 128 valence electrons. The maximum atomic E-state index is 5.67.